The largest absolute Gasteiger partial charge is 0.377 e. The molecule has 1 aliphatic rings. The molecule has 0 amide bonds. The van der Waals surface area contributed by atoms with Crippen LogP contribution in [-0.4, -0.2) is 40.8 Å². The Bertz CT molecular complexity index is 577. The molecule has 0 spiro atoms. The van der Waals surface area contributed by atoms with Crippen LogP contribution in [0.15, 0.2) is 23.1 Å². The maximum absolute atomic E-state index is 13.7. The molecule has 0 unspecified atom stereocenters. The number of sulfonamides is 1. The monoisotopic (exact) mass is 336 g/mol. The zero-order valence-corrected chi connectivity index (χ0v) is 13.0. The van der Waals surface area contributed by atoms with Crippen molar-refractivity contribution in [2.45, 2.75) is 23.8 Å². The second-order valence-electron chi connectivity index (χ2n) is 4.77. The van der Waals surface area contributed by atoms with E-state index in [0.29, 0.717) is 0 Å². The zero-order chi connectivity index (χ0) is 15.3. The molecule has 1 heterocycles. The zero-order valence-electron chi connectivity index (χ0n) is 11.4. The Morgan fingerprint density at radius 2 is 2.10 bits per heavy atom. The topological polar surface area (TPSA) is 67.4 Å². The molecule has 2 rings (SSSR count). The van der Waals surface area contributed by atoms with Crippen LogP contribution in [0.4, 0.5) is 4.39 Å². The van der Waals surface area contributed by atoms with Gasteiger partial charge in [-0.25, -0.2) is 17.5 Å². The van der Waals surface area contributed by atoms with E-state index in [1.165, 1.54) is 18.2 Å². The minimum Gasteiger partial charge on any atom is -0.377 e. The summed E-state index contributed by atoms with van der Waals surface area (Å²) in [6, 6.07) is 3.87. The summed E-state index contributed by atoms with van der Waals surface area (Å²) in [6.07, 6.45) is 1.98. The number of halogens is 2. The lowest BCUT2D eigenvalue weighted by molar-refractivity contribution is 0.0366. The van der Waals surface area contributed by atoms with Crippen LogP contribution in [0.5, 0.6) is 0 Å². The molecule has 0 aliphatic carbocycles. The first kappa shape index (κ1) is 16.6. The first-order chi connectivity index (χ1) is 10.0. The van der Waals surface area contributed by atoms with E-state index >= 15 is 0 Å². The van der Waals surface area contributed by atoms with Crippen molar-refractivity contribution < 1.29 is 17.5 Å². The van der Waals surface area contributed by atoms with Crippen LogP contribution >= 0.6 is 11.6 Å². The molecule has 118 valence electrons. The number of hydrogen-bond donors (Lipinski definition) is 2. The van der Waals surface area contributed by atoms with Gasteiger partial charge >= 0.3 is 0 Å². The normalized spacial score (nSPS) is 17.0. The van der Waals surface area contributed by atoms with Gasteiger partial charge in [0.15, 0.2) is 5.82 Å². The van der Waals surface area contributed by atoms with Crippen molar-refractivity contribution in [1.29, 1.82) is 0 Å². The summed E-state index contributed by atoms with van der Waals surface area (Å²) in [6.45, 7) is 2.17. The molecular weight excluding hydrogens is 319 g/mol. The summed E-state index contributed by atoms with van der Waals surface area (Å²) in [4.78, 5) is -0.447. The fourth-order valence-corrected chi connectivity index (χ4v) is 3.47. The summed E-state index contributed by atoms with van der Waals surface area (Å²) >= 11 is 5.58. The van der Waals surface area contributed by atoms with E-state index < -0.39 is 20.7 Å². The number of benzene rings is 1. The Morgan fingerprint density at radius 3 is 2.81 bits per heavy atom. The van der Waals surface area contributed by atoms with E-state index in [-0.39, 0.29) is 24.3 Å². The van der Waals surface area contributed by atoms with Crippen molar-refractivity contribution in [2.24, 2.45) is 0 Å². The van der Waals surface area contributed by atoms with Gasteiger partial charge in [0.1, 0.15) is 4.90 Å². The molecule has 1 saturated heterocycles. The Hall–Kier alpha value is -0.730. The molecule has 21 heavy (non-hydrogen) atoms. The van der Waals surface area contributed by atoms with Crippen LogP contribution in [-0.2, 0) is 14.8 Å². The SMILES string of the molecule is O=S(=O)(NCCOC1CCNCC1)c1cccc(Cl)c1F. The Balaban J connectivity index is 1.85. The van der Waals surface area contributed by atoms with E-state index in [2.05, 4.69) is 10.0 Å². The second-order valence-corrected chi connectivity index (χ2v) is 6.91. The van der Waals surface area contributed by atoms with Crippen LogP contribution < -0.4 is 10.0 Å². The Morgan fingerprint density at radius 1 is 1.38 bits per heavy atom. The van der Waals surface area contributed by atoms with Crippen molar-refractivity contribution >= 4 is 21.6 Å². The summed E-state index contributed by atoms with van der Waals surface area (Å²) < 4.78 is 45.6. The number of rotatable bonds is 6. The van der Waals surface area contributed by atoms with Gasteiger partial charge in [0.05, 0.1) is 17.7 Å². The minimum absolute atomic E-state index is 0.0955. The molecule has 0 atom stereocenters. The molecule has 0 bridgehead atoms. The molecule has 0 radical (unpaired) electrons. The average molecular weight is 337 g/mol. The molecule has 0 aromatic heterocycles. The lowest BCUT2D eigenvalue weighted by Gasteiger charge is -2.22. The standard InChI is InChI=1S/C13H18ClFN2O3S/c14-11-2-1-3-12(13(11)15)21(18,19)17-8-9-20-10-4-6-16-7-5-10/h1-3,10,16-17H,4-9H2. The smallest absolute Gasteiger partial charge is 0.243 e. The van der Waals surface area contributed by atoms with Gasteiger partial charge in [0.2, 0.25) is 10.0 Å². The third-order valence-electron chi connectivity index (χ3n) is 3.24. The molecular formula is C13H18ClFN2O3S. The van der Waals surface area contributed by atoms with Gasteiger partial charge in [-0.3, -0.25) is 0 Å². The molecule has 1 aromatic rings. The van der Waals surface area contributed by atoms with E-state index in [1.54, 1.807) is 0 Å². The van der Waals surface area contributed by atoms with Crippen LogP contribution in [0.25, 0.3) is 0 Å². The maximum atomic E-state index is 13.7. The summed E-state index contributed by atoms with van der Waals surface area (Å²) in [7, 11) is -3.92. The quantitative estimate of drug-likeness (QED) is 0.773. The van der Waals surface area contributed by atoms with E-state index in [1.807, 2.05) is 0 Å². The highest BCUT2D eigenvalue weighted by Gasteiger charge is 2.20. The van der Waals surface area contributed by atoms with E-state index in [0.717, 1.165) is 25.9 Å². The van der Waals surface area contributed by atoms with Crippen molar-refractivity contribution in [1.82, 2.24) is 10.0 Å². The van der Waals surface area contributed by atoms with Crippen LogP contribution in [0.2, 0.25) is 5.02 Å². The maximum Gasteiger partial charge on any atom is 0.243 e. The lowest BCUT2D eigenvalue weighted by Crippen LogP contribution is -2.35. The second kappa shape index (κ2) is 7.51. The highest BCUT2D eigenvalue weighted by Crippen LogP contribution is 2.21. The molecule has 2 N–H and O–H groups in total. The fraction of sp³-hybridized carbons (Fsp3) is 0.538. The highest BCUT2D eigenvalue weighted by molar-refractivity contribution is 7.89. The number of ether oxygens (including phenoxy) is 1. The minimum atomic E-state index is -3.92. The highest BCUT2D eigenvalue weighted by atomic mass is 35.5. The summed E-state index contributed by atoms with van der Waals surface area (Å²) in [5.41, 5.74) is 0. The third-order valence-corrected chi connectivity index (χ3v) is 5.01. The third kappa shape index (κ3) is 4.62. The van der Waals surface area contributed by atoms with Crippen LogP contribution in [0, 0.1) is 5.82 Å². The number of hydrogen-bond acceptors (Lipinski definition) is 4. The summed E-state index contributed by atoms with van der Waals surface area (Å²) in [5, 5.41) is 3.00. The first-order valence-electron chi connectivity index (χ1n) is 6.77. The van der Waals surface area contributed by atoms with Gasteiger partial charge in [-0.05, 0) is 38.1 Å². The number of nitrogens with one attached hydrogen (secondary N) is 2. The molecule has 1 fully saturated rings. The molecule has 1 aliphatic heterocycles. The molecule has 5 nitrogen and oxygen atoms in total. The van der Waals surface area contributed by atoms with Gasteiger partial charge in [-0.2, -0.15) is 0 Å². The fourth-order valence-electron chi connectivity index (χ4n) is 2.13. The van der Waals surface area contributed by atoms with Crippen molar-refractivity contribution in [2.75, 3.05) is 26.2 Å². The van der Waals surface area contributed by atoms with Gasteiger partial charge in [0.25, 0.3) is 0 Å². The molecule has 0 saturated carbocycles. The van der Waals surface area contributed by atoms with E-state index in [4.69, 9.17) is 16.3 Å². The summed E-state index contributed by atoms with van der Waals surface area (Å²) in [5.74, 6) is -0.939. The molecule has 8 heteroatoms. The average Bonchev–Trinajstić information content (AvgIpc) is 2.47. The van der Waals surface area contributed by atoms with E-state index in [9.17, 15) is 12.8 Å². The van der Waals surface area contributed by atoms with Gasteiger partial charge in [0, 0.05) is 6.54 Å². The first-order valence-corrected chi connectivity index (χ1v) is 8.63. The van der Waals surface area contributed by atoms with Crippen molar-refractivity contribution in [3.63, 3.8) is 0 Å². The van der Waals surface area contributed by atoms with Crippen LogP contribution in [0.3, 0.4) is 0 Å². The van der Waals surface area contributed by atoms with Gasteiger partial charge < -0.3 is 10.1 Å². The van der Waals surface area contributed by atoms with Gasteiger partial charge in [-0.1, -0.05) is 17.7 Å². The van der Waals surface area contributed by atoms with Gasteiger partial charge in [-0.15, -0.1) is 0 Å². The van der Waals surface area contributed by atoms with Crippen molar-refractivity contribution in [3.8, 4) is 0 Å². The lowest BCUT2D eigenvalue weighted by atomic mass is 10.1. The Kier molecular flexibility index (Phi) is 5.95. The molecule has 1 aromatic carbocycles. The van der Waals surface area contributed by atoms with Crippen LogP contribution in [0.1, 0.15) is 12.8 Å². The van der Waals surface area contributed by atoms with Crippen molar-refractivity contribution in [3.05, 3.63) is 29.0 Å². The number of piperidine rings is 1. The Labute approximate surface area is 128 Å². The predicted molar refractivity (Wildman–Crippen MR) is 78.4 cm³/mol. The predicted octanol–water partition coefficient (Wildman–Crippen LogP) is 1.53.